The van der Waals surface area contributed by atoms with Crippen LogP contribution in [0.3, 0.4) is 0 Å². The van der Waals surface area contributed by atoms with E-state index in [0.29, 0.717) is 62.1 Å². The molecule has 12 aromatic rings. The number of aliphatic hydroxyl groups excluding tert-OH is 2. The number of benzene rings is 4. The van der Waals surface area contributed by atoms with E-state index in [0.717, 1.165) is 85.3 Å². The third kappa shape index (κ3) is 27.8. The first-order valence-electron chi connectivity index (χ1n) is 40.3. The van der Waals surface area contributed by atoms with Crippen molar-refractivity contribution >= 4 is 80.8 Å². The van der Waals surface area contributed by atoms with Crippen LogP contribution in [0, 0.1) is 39.9 Å². The first kappa shape index (κ1) is 79.4. The fraction of sp³-hybridized carbons (Fsp3) is 0.393. The van der Waals surface area contributed by atoms with Crippen LogP contribution in [0.5, 0.6) is 0 Å². The minimum Gasteiger partial charge on any atom is -0.486 e. The van der Waals surface area contributed by atoms with E-state index in [1.807, 2.05) is 211 Å². The molecule has 110 heavy (non-hydrogen) atoms. The Kier molecular flexibility index (Phi) is 28.8. The number of alkyl halides is 3. The van der Waals surface area contributed by atoms with Crippen molar-refractivity contribution < 1.29 is 99.1 Å². The molecule has 13 nitrogen and oxygen atoms in total. The number of halogens is 3. The van der Waals surface area contributed by atoms with Gasteiger partial charge < -0.3 is 34.0 Å². The molecule has 2 radical (unpaired) electrons. The van der Waals surface area contributed by atoms with Crippen LogP contribution < -0.4 is 10.4 Å². The monoisotopic (exact) mass is 1920 g/mol. The summed E-state index contributed by atoms with van der Waals surface area (Å²) in [5, 5.41) is 19.8. The molecule has 4 aromatic carbocycles. The Bertz CT molecular complexity index is 5240. The van der Waals surface area contributed by atoms with Gasteiger partial charge in [0.1, 0.15) is 5.58 Å². The molecule has 0 unspecified atom stereocenters. The van der Waals surface area contributed by atoms with Crippen molar-refractivity contribution in [2.24, 2.45) is 21.7 Å². The largest absolute Gasteiger partial charge is 0.522 e. The Morgan fingerprint density at radius 2 is 0.864 bits per heavy atom. The Labute approximate surface area is 695 Å². The zero-order chi connectivity index (χ0) is 89.7. The second kappa shape index (κ2) is 40.0. The third-order valence-corrected chi connectivity index (χ3v) is 20.1. The van der Waals surface area contributed by atoms with E-state index in [1.165, 1.54) is 0 Å². The van der Waals surface area contributed by atoms with Crippen molar-refractivity contribution in [3.05, 3.63) is 216 Å². The van der Waals surface area contributed by atoms with E-state index in [4.69, 9.17) is 45.7 Å². The summed E-state index contributed by atoms with van der Waals surface area (Å²) in [6.07, 6.45) is 1.18. The summed E-state index contributed by atoms with van der Waals surface area (Å²) >= 11 is 0. The number of pyridine rings is 6. The molecule has 0 bridgehead atoms. The average Bonchev–Trinajstić information content (AvgIpc) is 1.36. The second-order valence-electron chi connectivity index (χ2n) is 32.1. The quantitative estimate of drug-likeness (QED) is 0.0452. The zero-order valence-electron chi connectivity index (χ0n) is 77.5. The van der Waals surface area contributed by atoms with Gasteiger partial charge in [-0.2, -0.15) is 21.6 Å². The molecule has 0 saturated heterocycles. The molecule has 0 amide bonds. The van der Waals surface area contributed by atoms with Gasteiger partial charge in [0.05, 0.1) is 27.4 Å². The van der Waals surface area contributed by atoms with Gasteiger partial charge in [-0.1, -0.05) is 208 Å². The maximum absolute atomic E-state index is 10.7. The number of aromatic nitrogens is 6. The average molecular weight is 1920 g/mol. The molecule has 596 valence electrons. The van der Waals surface area contributed by atoms with Crippen molar-refractivity contribution in [3.8, 4) is 45.0 Å². The molecule has 12 rings (SSSR count). The molecule has 0 aliphatic rings. The van der Waals surface area contributed by atoms with Crippen LogP contribution in [0.25, 0.3) is 89.2 Å². The van der Waals surface area contributed by atoms with Gasteiger partial charge in [-0.05, 0) is 140 Å². The topological polar surface area (TPSA) is 198 Å². The maximum atomic E-state index is 10.7. The van der Waals surface area contributed by atoms with Gasteiger partial charge in [-0.3, -0.25) is 9.54 Å². The third-order valence-electron chi connectivity index (χ3n) is 15.5. The standard InChI is InChI=1S/C24H26N2O.C24H25N2O.2C19H26NSi.CHF3O3S.2CH4O.2Ir/c2*1-15(2)20-10-9-18-17-7-6-8-19(22(17)27-23(18)26-20)21-13-16(11-12-25-21)14-24(3,4)5;2*1-19(2,3)13-16-12-17(15-10-8-7-9-11-15)20-14-18(16)21(4,5)6;2-1(3,4)8(5,6)7;2*1-2;;/h6-13,15H,14H2,1-5H3;6-7,9-13,15H,14H2,1-5H3;2*7-10,12,14H,13H2,1-6H3;(H,5,6,7);2*2H,1H3;;/q;3*-1;;;;;/i2*14D2,15D;2*13D2;;;;;. The van der Waals surface area contributed by atoms with Crippen molar-refractivity contribution in [2.75, 3.05) is 14.2 Å². The van der Waals surface area contributed by atoms with Crippen LogP contribution in [0.2, 0.25) is 39.3 Å². The number of rotatable bonds is 12. The van der Waals surface area contributed by atoms with Crippen molar-refractivity contribution in [1.82, 2.24) is 29.9 Å². The van der Waals surface area contributed by atoms with Crippen LogP contribution in [0.4, 0.5) is 13.2 Å². The van der Waals surface area contributed by atoms with Gasteiger partial charge in [-0.25, -0.2) is 9.97 Å². The molecule has 0 aliphatic carbocycles. The molecule has 0 fully saturated rings. The number of furan rings is 2. The number of nitrogens with zero attached hydrogens (tertiary/aromatic N) is 6. The van der Waals surface area contributed by atoms with Gasteiger partial charge in [0, 0.05) is 126 Å². The maximum Gasteiger partial charge on any atom is 0.522 e. The molecule has 8 heterocycles. The van der Waals surface area contributed by atoms with E-state index in [1.54, 1.807) is 64.4 Å². The molecule has 8 aromatic heterocycles. The predicted molar refractivity (Wildman–Crippen MR) is 446 cm³/mol. The summed E-state index contributed by atoms with van der Waals surface area (Å²) < 4.78 is 156. The molecule has 0 spiro atoms. The number of para-hydroxylation sites is 1. The summed E-state index contributed by atoms with van der Waals surface area (Å²) in [5.41, 5.74) is 4.74. The minimum absolute atomic E-state index is 0. The van der Waals surface area contributed by atoms with Crippen LogP contribution in [0.1, 0.15) is 170 Å². The van der Waals surface area contributed by atoms with Gasteiger partial charge >= 0.3 is 15.6 Å². The van der Waals surface area contributed by atoms with Crippen molar-refractivity contribution in [2.45, 2.75) is 193 Å². The van der Waals surface area contributed by atoms with E-state index in [9.17, 15) is 13.2 Å². The molecule has 21 heteroatoms. The normalized spacial score (nSPS) is 14.0. The number of hydrogen-bond acceptors (Lipinski definition) is 12. The van der Waals surface area contributed by atoms with Gasteiger partial charge in [0.15, 0.2) is 0 Å². The number of fused-ring (bicyclic) bond motifs is 6. The summed E-state index contributed by atoms with van der Waals surface area (Å²) in [7, 11) is -7.25. The van der Waals surface area contributed by atoms with Gasteiger partial charge in [0.2, 0.25) is 11.4 Å². The summed E-state index contributed by atoms with van der Waals surface area (Å²) in [6, 6.07) is 53.1. The van der Waals surface area contributed by atoms with E-state index in [2.05, 4.69) is 87.4 Å². The second-order valence-corrected chi connectivity index (χ2v) is 43.6. The molecule has 0 aliphatic heterocycles. The minimum atomic E-state index is -5.84. The van der Waals surface area contributed by atoms with E-state index < -0.39 is 90.7 Å². The van der Waals surface area contributed by atoms with E-state index >= 15 is 0 Å². The zero-order valence-corrected chi connectivity index (χ0v) is 75.1. The van der Waals surface area contributed by atoms with Gasteiger partial charge in [0.25, 0.3) is 0 Å². The SMILES string of the molecule is CO.CO.O=S(=O)(O)C(F)(F)F.[2H]C(C)(C)c1ccc2c(n1)oc1c(-c3cc(C([2H])([2H])C(C)(C)C)ccn3)[c-]ccc12.[2H]C(C)(C)c1ccc2c(n1)oc1c(-c3cc(C([2H])([2H])C(C)(C)C)ccn3)cccc12.[2H]C([2H])(c1cc(-c2[c-]cccc2)ncc1[Si](C)(C)C)C(C)(C)C.[2H]C([2H])(c1cc(-c2[c-]cccc2)ncc1[Si](C)(C)C)C(C)(C)C.[Ir].[Ir]. The molecule has 3 N–H and O–H groups in total. The van der Waals surface area contributed by atoms with Crippen molar-refractivity contribution in [1.29, 1.82) is 0 Å². The summed E-state index contributed by atoms with van der Waals surface area (Å²) in [4.78, 5) is 27.3. The van der Waals surface area contributed by atoms with Gasteiger partial charge in [-0.15, -0.1) is 90.0 Å². The smallest absolute Gasteiger partial charge is 0.486 e. The van der Waals surface area contributed by atoms with Crippen LogP contribution in [0.15, 0.2) is 173 Å². The molecule has 0 saturated carbocycles. The van der Waals surface area contributed by atoms with Crippen molar-refractivity contribution in [3.63, 3.8) is 0 Å². The van der Waals surface area contributed by atoms with E-state index in [-0.39, 0.29) is 40.2 Å². The fourth-order valence-electron chi connectivity index (χ4n) is 10.9. The molecule has 0 atom stereocenters. The van der Waals surface area contributed by atoms with Crippen LogP contribution in [-0.2, 0) is 75.8 Å². The first-order valence-corrected chi connectivity index (χ1v) is 43.8. The summed E-state index contributed by atoms with van der Waals surface area (Å²) in [6.45, 7) is 43.7. The van der Waals surface area contributed by atoms with Crippen LogP contribution >= 0.6 is 0 Å². The first-order chi connectivity index (χ1) is 53.9. The Morgan fingerprint density at radius 1 is 0.473 bits per heavy atom. The number of aliphatic hydroxyl groups is 2. The number of hydrogen-bond donors (Lipinski definition) is 3. The predicted octanol–water partition coefficient (Wildman–Crippen LogP) is 22.3. The molecular formula is C89H112F3Ir2N6O7SSi2-3. The Morgan fingerprint density at radius 3 is 1.24 bits per heavy atom. The van der Waals surface area contributed by atoms with Crippen LogP contribution in [-0.4, -0.2) is 89.0 Å². The fourth-order valence-corrected chi connectivity index (χ4v) is 13.7. The molecular weight excluding hydrogens is 1790 g/mol. The summed E-state index contributed by atoms with van der Waals surface area (Å²) in [5.74, 6) is -1.64. The Balaban J connectivity index is 0.000000322. The Hall–Kier alpha value is -7.27.